The Morgan fingerprint density at radius 1 is 0.952 bits per heavy atom. The van der Waals surface area contributed by atoms with E-state index in [4.69, 9.17) is 0 Å². The molecule has 2 aliphatic carbocycles. The Morgan fingerprint density at radius 2 is 1.43 bits per heavy atom. The van der Waals surface area contributed by atoms with Crippen LogP contribution in [0.1, 0.15) is 46.4 Å². The van der Waals surface area contributed by atoms with Gasteiger partial charge < -0.3 is 0 Å². The van der Waals surface area contributed by atoms with Gasteiger partial charge in [0.1, 0.15) is 0 Å². The van der Waals surface area contributed by atoms with Crippen molar-refractivity contribution >= 4 is 11.8 Å². The average Bonchev–Trinajstić information content (AvgIpc) is 2.99. The van der Waals surface area contributed by atoms with Gasteiger partial charge in [-0.2, -0.15) is 0 Å². The second-order valence-corrected chi connectivity index (χ2v) is 6.44. The van der Waals surface area contributed by atoms with Crippen molar-refractivity contribution in [3.63, 3.8) is 0 Å². The minimum absolute atomic E-state index is 0.0608. The molecule has 3 nitrogen and oxygen atoms in total. The van der Waals surface area contributed by atoms with Crippen molar-refractivity contribution < 1.29 is 18.4 Å². The fourth-order valence-electron chi connectivity index (χ4n) is 4.28. The van der Waals surface area contributed by atoms with Crippen LogP contribution in [0.3, 0.4) is 0 Å². The zero-order chi connectivity index (χ0) is 14.8. The quantitative estimate of drug-likeness (QED) is 0.746. The Morgan fingerprint density at radius 3 is 1.90 bits per heavy atom. The molecule has 0 saturated heterocycles. The Balaban J connectivity index is 1.58. The number of carbonyl (C=O) groups excluding carboxylic acids is 2. The predicted molar refractivity (Wildman–Crippen MR) is 71.1 cm³/mol. The number of amides is 2. The molecule has 1 aromatic rings. The molecule has 2 amide bonds. The van der Waals surface area contributed by atoms with E-state index in [2.05, 4.69) is 0 Å². The standard InChI is InChI=1S/C16H15F2NO2/c17-16(18)7-9-5-11(6-10(9)8-16)19-14(20)12-3-1-2-4-13(12)15(19)21/h1-4,9-11H,5-8H2/t9-,10+,11?. The maximum absolute atomic E-state index is 13.4. The van der Waals surface area contributed by atoms with Gasteiger partial charge in [0.25, 0.3) is 11.8 Å². The van der Waals surface area contributed by atoms with Crippen LogP contribution in [0.15, 0.2) is 24.3 Å². The smallest absolute Gasteiger partial charge is 0.261 e. The topological polar surface area (TPSA) is 37.4 Å². The van der Waals surface area contributed by atoms with Gasteiger partial charge in [-0.25, -0.2) is 8.78 Å². The number of nitrogens with zero attached hydrogens (tertiary/aromatic N) is 1. The van der Waals surface area contributed by atoms with Crippen molar-refractivity contribution in [3.05, 3.63) is 35.4 Å². The van der Waals surface area contributed by atoms with Crippen molar-refractivity contribution in [2.75, 3.05) is 0 Å². The summed E-state index contributed by atoms with van der Waals surface area (Å²) < 4.78 is 26.8. The molecule has 2 saturated carbocycles. The Labute approximate surface area is 120 Å². The molecule has 3 aliphatic rings. The molecule has 0 N–H and O–H groups in total. The minimum Gasteiger partial charge on any atom is -0.271 e. The summed E-state index contributed by atoms with van der Waals surface area (Å²) in [5, 5.41) is 0. The fourth-order valence-corrected chi connectivity index (χ4v) is 4.28. The molecule has 3 atom stereocenters. The SMILES string of the molecule is O=C1c2ccccc2C(=O)N1C1C[C@@H]2CC(F)(F)C[C@@H]2C1. The molecule has 1 aliphatic heterocycles. The van der Waals surface area contributed by atoms with Gasteiger partial charge in [-0.3, -0.25) is 14.5 Å². The lowest BCUT2D eigenvalue weighted by molar-refractivity contribution is -0.00165. The molecular weight excluding hydrogens is 276 g/mol. The first kappa shape index (κ1) is 12.9. The third-order valence-electron chi connectivity index (χ3n) is 5.13. The normalized spacial score (nSPS) is 33.4. The summed E-state index contributed by atoms with van der Waals surface area (Å²) >= 11 is 0. The van der Waals surface area contributed by atoms with Crippen LogP contribution < -0.4 is 0 Å². The highest BCUT2D eigenvalue weighted by Crippen LogP contribution is 2.52. The number of benzene rings is 1. The van der Waals surface area contributed by atoms with Gasteiger partial charge in [-0.05, 0) is 36.8 Å². The highest BCUT2D eigenvalue weighted by Gasteiger charge is 2.53. The molecule has 4 rings (SSSR count). The van der Waals surface area contributed by atoms with E-state index in [0.29, 0.717) is 24.0 Å². The summed E-state index contributed by atoms with van der Waals surface area (Å²) in [6.45, 7) is 0. The third-order valence-corrected chi connectivity index (χ3v) is 5.13. The summed E-state index contributed by atoms with van der Waals surface area (Å²) in [6.07, 6.45) is 0.839. The molecule has 1 heterocycles. The van der Waals surface area contributed by atoms with Crippen LogP contribution in [0.25, 0.3) is 0 Å². The van der Waals surface area contributed by atoms with Crippen LogP contribution in [0.2, 0.25) is 0 Å². The van der Waals surface area contributed by atoms with E-state index in [1.807, 2.05) is 0 Å². The van der Waals surface area contributed by atoms with Crippen LogP contribution in [0, 0.1) is 11.8 Å². The zero-order valence-electron chi connectivity index (χ0n) is 11.4. The lowest BCUT2D eigenvalue weighted by atomic mass is 10.0. The molecule has 1 unspecified atom stereocenters. The third kappa shape index (κ3) is 1.83. The second-order valence-electron chi connectivity index (χ2n) is 6.44. The maximum Gasteiger partial charge on any atom is 0.261 e. The lowest BCUT2D eigenvalue weighted by Gasteiger charge is -2.23. The summed E-state index contributed by atoms with van der Waals surface area (Å²) in [4.78, 5) is 26.1. The summed E-state index contributed by atoms with van der Waals surface area (Å²) in [7, 11) is 0. The van der Waals surface area contributed by atoms with Crippen LogP contribution in [0.4, 0.5) is 8.78 Å². The molecule has 0 bridgehead atoms. The highest BCUT2D eigenvalue weighted by molar-refractivity contribution is 6.21. The monoisotopic (exact) mass is 291 g/mol. The van der Waals surface area contributed by atoms with E-state index < -0.39 is 5.92 Å². The average molecular weight is 291 g/mol. The first-order valence-corrected chi connectivity index (χ1v) is 7.31. The van der Waals surface area contributed by atoms with Gasteiger partial charge in [0.15, 0.2) is 0 Å². The largest absolute Gasteiger partial charge is 0.271 e. The van der Waals surface area contributed by atoms with E-state index in [-0.39, 0.29) is 42.5 Å². The van der Waals surface area contributed by atoms with E-state index in [1.165, 1.54) is 4.90 Å². The van der Waals surface area contributed by atoms with E-state index in [1.54, 1.807) is 24.3 Å². The number of fused-ring (bicyclic) bond motifs is 2. The Bertz CT molecular complexity index is 592. The van der Waals surface area contributed by atoms with Gasteiger partial charge in [-0.15, -0.1) is 0 Å². The van der Waals surface area contributed by atoms with E-state index >= 15 is 0 Å². The fraction of sp³-hybridized carbons (Fsp3) is 0.500. The van der Waals surface area contributed by atoms with Gasteiger partial charge in [0, 0.05) is 18.9 Å². The highest BCUT2D eigenvalue weighted by atomic mass is 19.3. The van der Waals surface area contributed by atoms with Crippen molar-refractivity contribution in [2.24, 2.45) is 11.8 Å². The number of hydrogen-bond acceptors (Lipinski definition) is 2. The van der Waals surface area contributed by atoms with Gasteiger partial charge in [0.05, 0.1) is 11.1 Å². The first-order valence-electron chi connectivity index (χ1n) is 7.31. The van der Waals surface area contributed by atoms with Crippen molar-refractivity contribution in [3.8, 4) is 0 Å². The molecule has 0 spiro atoms. The van der Waals surface area contributed by atoms with Crippen molar-refractivity contribution in [1.82, 2.24) is 4.90 Å². The number of hydrogen-bond donors (Lipinski definition) is 0. The van der Waals surface area contributed by atoms with Gasteiger partial charge >= 0.3 is 0 Å². The molecule has 5 heteroatoms. The summed E-state index contributed by atoms with van der Waals surface area (Å²) in [5.74, 6) is -3.23. The Kier molecular flexibility index (Phi) is 2.53. The minimum atomic E-state index is -2.57. The Hall–Kier alpha value is -1.78. The van der Waals surface area contributed by atoms with Crippen LogP contribution >= 0.6 is 0 Å². The molecule has 1 aromatic carbocycles. The number of halogens is 2. The number of carbonyl (C=O) groups is 2. The lowest BCUT2D eigenvalue weighted by Crippen LogP contribution is -2.39. The molecule has 2 fully saturated rings. The summed E-state index contributed by atoms with van der Waals surface area (Å²) in [6, 6.07) is 6.55. The van der Waals surface area contributed by atoms with Crippen LogP contribution in [0.5, 0.6) is 0 Å². The zero-order valence-corrected chi connectivity index (χ0v) is 11.4. The van der Waals surface area contributed by atoms with Crippen molar-refractivity contribution in [1.29, 1.82) is 0 Å². The first-order chi connectivity index (χ1) is 9.96. The molecule has 110 valence electrons. The molecule has 0 aromatic heterocycles. The van der Waals surface area contributed by atoms with Crippen LogP contribution in [-0.4, -0.2) is 28.7 Å². The predicted octanol–water partition coefficient (Wildman–Crippen LogP) is 3.11. The van der Waals surface area contributed by atoms with Crippen molar-refractivity contribution in [2.45, 2.75) is 37.6 Å². The second kappa shape index (κ2) is 4.12. The van der Waals surface area contributed by atoms with Crippen LogP contribution in [-0.2, 0) is 0 Å². The van der Waals surface area contributed by atoms with E-state index in [9.17, 15) is 18.4 Å². The molecule has 21 heavy (non-hydrogen) atoms. The number of rotatable bonds is 1. The van der Waals surface area contributed by atoms with Gasteiger partial charge in [0.2, 0.25) is 5.92 Å². The van der Waals surface area contributed by atoms with Gasteiger partial charge in [-0.1, -0.05) is 12.1 Å². The molecular formula is C16H15F2NO2. The van der Waals surface area contributed by atoms with E-state index in [0.717, 1.165) is 0 Å². The molecule has 0 radical (unpaired) electrons. The number of alkyl halides is 2. The summed E-state index contributed by atoms with van der Waals surface area (Å²) in [5.41, 5.74) is 0.870. The maximum atomic E-state index is 13.4. The number of imide groups is 1.